The van der Waals surface area contributed by atoms with E-state index in [0.29, 0.717) is 19.4 Å². The van der Waals surface area contributed by atoms with E-state index < -0.39 is 6.10 Å². The Labute approximate surface area is 420 Å². The molecule has 1 unspecified atom stereocenters. The largest absolute Gasteiger partial charge is 0.462 e. The minimum atomic E-state index is -0.573. The van der Waals surface area contributed by atoms with Crippen molar-refractivity contribution in [1.82, 2.24) is 0 Å². The Morgan fingerprint density at radius 2 is 0.662 bits per heavy atom. The predicted molar refractivity (Wildman–Crippen MR) is 297 cm³/mol. The summed E-state index contributed by atoms with van der Waals surface area (Å²) in [6.45, 7) is 7.49. The number of ether oxygens (including phenoxy) is 3. The van der Waals surface area contributed by atoms with Gasteiger partial charge < -0.3 is 14.2 Å². The Balaban J connectivity index is 4.38. The Bertz CT molecular complexity index is 1390. The number of allylic oxidation sites excluding steroid dienone is 20. The normalized spacial score (nSPS) is 13.2. The highest BCUT2D eigenvalue weighted by molar-refractivity contribution is 5.70. The minimum absolute atomic E-state index is 0.0500. The fraction of sp³-hybridized carbons (Fsp3) is 0.651. The minimum Gasteiger partial charge on any atom is -0.462 e. The van der Waals surface area contributed by atoms with Crippen LogP contribution >= 0.6 is 0 Å². The zero-order valence-electron chi connectivity index (χ0n) is 44.3. The molecular weight excluding hydrogens is 837 g/mol. The molecule has 1 atom stereocenters. The van der Waals surface area contributed by atoms with Crippen molar-refractivity contribution in [2.75, 3.05) is 19.8 Å². The number of carbonyl (C=O) groups excluding carboxylic acids is 2. The number of hydrogen-bond donors (Lipinski definition) is 0. The highest BCUT2D eigenvalue weighted by Crippen LogP contribution is 2.14. The van der Waals surface area contributed by atoms with E-state index in [9.17, 15) is 9.59 Å². The molecule has 0 radical (unpaired) electrons. The maximum absolute atomic E-state index is 12.9. The van der Waals surface area contributed by atoms with Gasteiger partial charge in [0.05, 0.1) is 6.61 Å². The monoisotopic (exact) mass is 941 g/mol. The molecule has 0 aromatic heterocycles. The van der Waals surface area contributed by atoms with E-state index in [2.05, 4.69) is 142 Å². The van der Waals surface area contributed by atoms with Crippen LogP contribution in [-0.2, 0) is 23.8 Å². The van der Waals surface area contributed by atoms with Gasteiger partial charge in [-0.3, -0.25) is 9.59 Å². The SMILES string of the molecule is CC/C=C\C/C=C\C/C=C\C/C=C\C/C=C\CCCCCC(=O)OCC(COCCCCCC/C=C\C/C=C\C/C=C\CC)OC(=O)CCCCCCCCCCC/C=C\C/C=C\CCCCC. The van der Waals surface area contributed by atoms with Crippen LogP contribution in [0.3, 0.4) is 0 Å². The molecule has 0 aromatic carbocycles. The van der Waals surface area contributed by atoms with E-state index in [-0.39, 0.29) is 25.2 Å². The maximum atomic E-state index is 12.9. The standard InChI is InChI=1S/C63H104O5/c1-4-7-10-13-16-19-22-25-28-30-32-34-36-38-41-44-47-50-53-56-62(64)67-60-61(59-66-58-55-52-49-46-43-40-27-24-21-18-15-12-9-6-3)68-63(65)57-54-51-48-45-42-39-37-35-33-31-29-26-23-20-17-14-11-8-5-2/h7,9-10,12,16-21,25-29,32,34,38,40-41,61H,4-6,8,11,13-15,22-24,30-31,33,35-37,39,42-60H2,1-3H3/b10-7-,12-9-,19-16-,20-17-,21-18-,28-25-,29-26-,34-32-,40-27-,41-38-. The first-order chi connectivity index (χ1) is 33.6. The van der Waals surface area contributed by atoms with Gasteiger partial charge >= 0.3 is 11.9 Å². The zero-order chi connectivity index (χ0) is 49.2. The smallest absolute Gasteiger partial charge is 0.306 e. The second kappa shape index (κ2) is 57.6. The van der Waals surface area contributed by atoms with E-state index >= 15 is 0 Å². The molecule has 0 bridgehead atoms. The number of rotatable bonds is 50. The molecule has 0 rings (SSSR count). The van der Waals surface area contributed by atoms with E-state index in [1.54, 1.807) is 0 Å². The Kier molecular flexibility index (Phi) is 54.5. The fourth-order valence-corrected chi connectivity index (χ4v) is 7.34. The van der Waals surface area contributed by atoms with Crippen LogP contribution < -0.4 is 0 Å². The average molecular weight is 942 g/mol. The van der Waals surface area contributed by atoms with Gasteiger partial charge in [-0.15, -0.1) is 0 Å². The first kappa shape index (κ1) is 64.3. The lowest BCUT2D eigenvalue weighted by Crippen LogP contribution is -2.30. The summed E-state index contributed by atoms with van der Waals surface area (Å²) in [5.74, 6) is -0.456. The van der Waals surface area contributed by atoms with E-state index in [1.165, 1.54) is 83.5 Å². The molecule has 0 spiro atoms. The molecule has 0 fully saturated rings. The van der Waals surface area contributed by atoms with Crippen LogP contribution in [0.2, 0.25) is 0 Å². The molecule has 0 heterocycles. The molecule has 0 aliphatic rings. The Morgan fingerprint density at radius 1 is 0.338 bits per heavy atom. The van der Waals surface area contributed by atoms with E-state index in [0.717, 1.165) is 122 Å². The molecule has 0 aliphatic heterocycles. The van der Waals surface area contributed by atoms with Crippen LogP contribution in [0.1, 0.15) is 239 Å². The van der Waals surface area contributed by atoms with Crippen molar-refractivity contribution in [2.24, 2.45) is 0 Å². The van der Waals surface area contributed by atoms with Gasteiger partial charge in [-0.1, -0.05) is 219 Å². The first-order valence-corrected chi connectivity index (χ1v) is 28.1. The Hall–Kier alpha value is -3.70. The molecule has 68 heavy (non-hydrogen) atoms. The third-order valence-electron chi connectivity index (χ3n) is 11.5. The summed E-state index contributed by atoms with van der Waals surface area (Å²) in [4.78, 5) is 25.5. The molecule has 5 heteroatoms. The molecule has 0 saturated carbocycles. The highest BCUT2D eigenvalue weighted by atomic mass is 16.6. The van der Waals surface area contributed by atoms with E-state index in [4.69, 9.17) is 14.2 Å². The van der Waals surface area contributed by atoms with Crippen molar-refractivity contribution < 1.29 is 23.8 Å². The lowest BCUT2D eigenvalue weighted by molar-refractivity contribution is -0.163. The summed E-state index contributed by atoms with van der Waals surface area (Å²) in [5.41, 5.74) is 0. The summed E-state index contributed by atoms with van der Waals surface area (Å²) in [6.07, 6.45) is 80.7. The van der Waals surface area contributed by atoms with Crippen molar-refractivity contribution in [3.05, 3.63) is 122 Å². The number of carbonyl (C=O) groups is 2. The van der Waals surface area contributed by atoms with Gasteiger partial charge in [-0.25, -0.2) is 0 Å². The molecular formula is C63H104O5. The van der Waals surface area contributed by atoms with Gasteiger partial charge in [0, 0.05) is 19.4 Å². The number of hydrogen-bond acceptors (Lipinski definition) is 5. The van der Waals surface area contributed by atoms with Crippen molar-refractivity contribution in [1.29, 1.82) is 0 Å². The van der Waals surface area contributed by atoms with Gasteiger partial charge in [-0.2, -0.15) is 0 Å². The zero-order valence-corrected chi connectivity index (χ0v) is 44.3. The Morgan fingerprint density at radius 3 is 1.07 bits per heavy atom. The van der Waals surface area contributed by atoms with Crippen LogP contribution in [0, 0.1) is 0 Å². The van der Waals surface area contributed by atoms with Crippen LogP contribution in [0.15, 0.2) is 122 Å². The lowest BCUT2D eigenvalue weighted by atomic mass is 10.1. The summed E-state index contributed by atoms with van der Waals surface area (Å²) < 4.78 is 17.4. The van der Waals surface area contributed by atoms with Crippen LogP contribution in [0.4, 0.5) is 0 Å². The average Bonchev–Trinajstić information content (AvgIpc) is 3.34. The molecule has 386 valence electrons. The van der Waals surface area contributed by atoms with Crippen LogP contribution in [0.5, 0.6) is 0 Å². The summed E-state index contributed by atoms with van der Waals surface area (Å²) in [5, 5.41) is 0. The molecule has 0 aromatic rings. The summed E-state index contributed by atoms with van der Waals surface area (Å²) in [7, 11) is 0. The van der Waals surface area contributed by atoms with Gasteiger partial charge in [0.1, 0.15) is 6.61 Å². The highest BCUT2D eigenvalue weighted by Gasteiger charge is 2.17. The van der Waals surface area contributed by atoms with Crippen molar-refractivity contribution >= 4 is 11.9 Å². The van der Waals surface area contributed by atoms with Crippen molar-refractivity contribution in [2.45, 2.75) is 245 Å². The van der Waals surface area contributed by atoms with Crippen molar-refractivity contribution in [3.8, 4) is 0 Å². The molecule has 0 amide bonds. The predicted octanol–water partition coefficient (Wildman–Crippen LogP) is 19.3. The molecule has 0 aliphatic carbocycles. The van der Waals surface area contributed by atoms with Gasteiger partial charge in [0.15, 0.2) is 6.10 Å². The van der Waals surface area contributed by atoms with Gasteiger partial charge in [0.25, 0.3) is 0 Å². The first-order valence-electron chi connectivity index (χ1n) is 28.1. The molecule has 0 N–H and O–H groups in total. The second-order valence-corrected chi connectivity index (χ2v) is 18.1. The van der Waals surface area contributed by atoms with Gasteiger partial charge in [-0.05, 0) is 128 Å². The molecule has 5 nitrogen and oxygen atoms in total. The quantitative estimate of drug-likeness (QED) is 0.0345. The number of esters is 2. The lowest BCUT2D eigenvalue weighted by Gasteiger charge is -2.18. The van der Waals surface area contributed by atoms with Crippen LogP contribution in [0.25, 0.3) is 0 Å². The maximum Gasteiger partial charge on any atom is 0.306 e. The third-order valence-corrected chi connectivity index (χ3v) is 11.5. The molecule has 0 saturated heterocycles. The van der Waals surface area contributed by atoms with Crippen molar-refractivity contribution in [3.63, 3.8) is 0 Å². The van der Waals surface area contributed by atoms with Gasteiger partial charge in [0.2, 0.25) is 0 Å². The second-order valence-electron chi connectivity index (χ2n) is 18.1. The summed E-state index contributed by atoms with van der Waals surface area (Å²) in [6, 6.07) is 0. The topological polar surface area (TPSA) is 61.8 Å². The fourth-order valence-electron chi connectivity index (χ4n) is 7.34. The summed E-state index contributed by atoms with van der Waals surface area (Å²) >= 11 is 0. The number of unbranched alkanes of at least 4 members (excludes halogenated alkanes) is 19. The van der Waals surface area contributed by atoms with Crippen LogP contribution in [-0.4, -0.2) is 37.9 Å². The van der Waals surface area contributed by atoms with E-state index in [1.807, 2.05) is 0 Å². The third kappa shape index (κ3) is 54.9.